The topological polar surface area (TPSA) is 26.0 Å². The summed E-state index contributed by atoms with van der Waals surface area (Å²) in [5.74, 6) is 0. The van der Waals surface area contributed by atoms with E-state index in [-0.39, 0.29) is 5.41 Å². The standard InChI is InChI=1S/C14H21N/c1-13(2,12-6-4-3-5-7-12)14(8-9-14)10-11-15/h3-7H,8-11,15H2,1-2H3. The van der Waals surface area contributed by atoms with Crippen LogP contribution in [-0.4, -0.2) is 6.54 Å². The van der Waals surface area contributed by atoms with E-state index in [1.165, 1.54) is 18.4 Å². The van der Waals surface area contributed by atoms with Crippen molar-refractivity contribution in [3.8, 4) is 0 Å². The summed E-state index contributed by atoms with van der Waals surface area (Å²) in [6.07, 6.45) is 3.84. The molecular formula is C14H21N. The molecule has 0 aromatic heterocycles. The molecular weight excluding hydrogens is 182 g/mol. The molecule has 15 heavy (non-hydrogen) atoms. The first-order chi connectivity index (χ1) is 7.12. The molecule has 82 valence electrons. The highest BCUT2D eigenvalue weighted by Gasteiger charge is 2.53. The minimum absolute atomic E-state index is 0.271. The van der Waals surface area contributed by atoms with Crippen molar-refractivity contribution < 1.29 is 0 Å². The SMILES string of the molecule is CC(C)(c1ccccc1)C1(CCN)CC1. The first kappa shape index (κ1) is 10.7. The summed E-state index contributed by atoms with van der Waals surface area (Å²) in [6.45, 7) is 5.55. The Morgan fingerprint density at radius 2 is 1.80 bits per heavy atom. The molecule has 1 fully saturated rings. The maximum Gasteiger partial charge on any atom is -0.00467 e. The van der Waals surface area contributed by atoms with Gasteiger partial charge in [-0.2, -0.15) is 0 Å². The van der Waals surface area contributed by atoms with Crippen LogP contribution in [0.15, 0.2) is 30.3 Å². The molecule has 0 spiro atoms. The number of hydrogen-bond acceptors (Lipinski definition) is 1. The Labute approximate surface area is 92.7 Å². The lowest BCUT2D eigenvalue weighted by atomic mass is 9.69. The van der Waals surface area contributed by atoms with Crippen LogP contribution < -0.4 is 5.73 Å². The van der Waals surface area contributed by atoms with Crippen LogP contribution >= 0.6 is 0 Å². The third-order valence-electron chi connectivity index (χ3n) is 4.30. The lowest BCUT2D eigenvalue weighted by Crippen LogP contribution is -2.32. The van der Waals surface area contributed by atoms with Crippen molar-refractivity contribution >= 4 is 0 Å². The van der Waals surface area contributed by atoms with Gasteiger partial charge in [0, 0.05) is 0 Å². The number of nitrogens with two attached hydrogens (primary N) is 1. The van der Waals surface area contributed by atoms with Crippen molar-refractivity contribution in [2.24, 2.45) is 11.1 Å². The third kappa shape index (κ3) is 1.69. The van der Waals surface area contributed by atoms with Crippen LogP contribution in [0.2, 0.25) is 0 Å². The second kappa shape index (κ2) is 3.64. The second-order valence-electron chi connectivity index (χ2n) is 5.31. The largest absolute Gasteiger partial charge is 0.330 e. The van der Waals surface area contributed by atoms with Crippen molar-refractivity contribution in [3.63, 3.8) is 0 Å². The van der Waals surface area contributed by atoms with Crippen LogP contribution in [0.4, 0.5) is 0 Å². The molecule has 1 saturated carbocycles. The highest BCUT2D eigenvalue weighted by molar-refractivity contribution is 5.29. The van der Waals surface area contributed by atoms with Crippen LogP contribution in [0, 0.1) is 5.41 Å². The summed E-state index contributed by atoms with van der Waals surface area (Å²) in [5.41, 5.74) is 7.93. The van der Waals surface area contributed by atoms with Gasteiger partial charge in [0.1, 0.15) is 0 Å². The van der Waals surface area contributed by atoms with Gasteiger partial charge in [-0.05, 0) is 42.2 Å². The molecule has 0 heterocycles. The molecule has 2 N–H and O–H groups in total. The molecule has 0 amide bonds. The van der Waals surface area contributed by atoms with Crippen molar-refractivity contribution in [2.45, 2.75) is 38.5 Å². The summed E-state index contributed by atoms with van der Waals surface area (Å²) in [5, 5.41) is 0. The highest BCUT2D eigenvalue weighted by atomic mass is 14.6. The Balaban J connectivity index is 2.27. The quantitative estimate of drug-likeness (QED) is 0.799. The highest BCUT2D eigenvalue weighted by Crippen LogP contribution is 2.61. The smallest absolute Gasteiger partial charge is 0.00467 e. The van der Waals surface area contributed by atoms with E-state index in [2.05, 4.69) is 44.2 Å². The molecule has 1 nitrogen and oxygen atoms in total. The summed E-state index contributed by atoms with van der Waals surface area (Å²) < 4.78 is 0. The van der Waals surface area contributed by atoms with Gasteiger partial charge in [0.2, 0.25) is 0 Å². The van der Waals surface area contributed by atoms with E-state index in [4.69, 9.17) is 5.73 Å². The average molecular weight is 203 g/mol. The fraction of sp³-hybridized carbons (Fsp3) is 0.571. The molecule has 0 aliphatic heterocycles. The number of hydrogen-bond donors (Lipinski definition) is 1. The van der Waals surface area contributed by atoms with Gasteiger partial charge >= 0.3 is 0 Å². The van der Waals surface area contributed by atoms with Gasteiger partial charge in [-0.15, -0.1) is 0 Å². The zero-order valence-electron chi connectivity index (χ0n) is 9.79. The van der Waals surface area contributed by atoms with E-state index in [9.17, 15) is 0 Å². The van der Waals surface area contributed by atoms with Crippen molar-refractivity contribution in [1.29, 1.82) is 0 Å². The van der Waals surface area contributed by atoms with Crippen LogP contribution in [-0.2, 0) is 5.41 Å². The maximum absolute atomic E-state index is 5.73. The first-order valence-corrected chi connectivity index (χ1v) is 5.88. The Kier molecular flexibility index (Phi) is 2.59. The zero-order chi connectivity index (χ0) is 10.9. The van der Waals surface area contributed by atoms with Crippen molar-refractivity contribution in [2.75, 3.05) is 6.54 Å². The van der Waals surface area contributed by atoms with Gasteiger partial charge in [0.05, 0.1) is 0 Å². The Morgan fingerprint density at radius 3 is 2.27 bits per heavy atom. The summed E-state index contributed by atoms with van der Waals surface area (Å²) in [7, 11) is 0. The van der Waals surface area contributed by atoms with E-state index in [0.717, 1.165) is 13.0 Å². The molecule has 1 aliphatic carbocycles. The molecule has 0 atom stereocenters. The monoisotopic (exact) mass is 203 g/mol. The summed E-state index contributed by atoms with van der Waals surface area (Å²) in [6, 6.07) is 10.8. The Bertz CT molecular complexity index is 322. The minimum atomic E-state index is 0.271. The van der Waals surface area contributed by atoms with Gasteiger partial charge in [-0.3, -0.25) is 0 Å². The predicted octanol–water partition coefficient (Wildman–Crippen LogP) is 3.09. The first-order valence-electron chi connectivity index (χ1n) is 5.88. The van der Waals surface area contributed by atoms with E-state index in [0.29, 0.717) is 5.41 Å². The zero-order valence-corrected chi connectivity index (χ0v) is 9.79. The predicted molar refractivity (Wildman–Crippen MR) is 64.8 cm³/mol. The molecule has 0 radical (unpaired) electrons. The maximum atomic E-state index is 5.73. The van der Waals surface area contributed by atoms with Crippen molar-refractivity contribution in [1.82, 2.24) is 0 Å². The molecule has 2 rings (SSSR count). The van der Waals surface area contributed by atoms with Gasteiger partial charge in [-0.25, -0.2) is 0 Å². The lowest BCUT2D eigenvalue weighted by molar-refractivity contribution is 0.275. The van der Waals surface area contributed by atoms with Crippen molar-refractivity contribution in [3.05, 3.63) is 35.9 Å². The Hall–Kier alpha value is -0.820. The van der Waals surface area contributed by atoms with Gasteiger partial charge in [0.15, 0.2) is 0 Å². The van der Waals surface area contributed by atoms with Gasteiger partial charge in [0.25, 0.3) is 0 Å². The molecule has 1 aliphatic rings. The third-order valence-corrected chi connectivity index (χ3v) is 4.30. The van der Waals surface area contributed by atoms with Crippen LogP contribution in [0.5, 0.6) is 0 Å². The number of benzene rings is 1. The summed E-state index contributed by atoms with van der Waals surface area (Å²) >= 11 is 0. The van der Waals surface area contributed by atoms with Crippen LogP contribution in [0.1, 0.15) is 38.7 Å². The molecule has 0 bridgehead atoms. The van der Waals surface area contributed by atoms with E-state index in [1.54, 1.807) is 0 Å². The summed E-state index contributed by atoms with van der Waals surface area (Å²) in [4.78, 5) is 0. The van der Waals surface area contributed by atoms with Crippen LogP contribution in [0.25, 0.3) is 0 Å². The molecule has 0 unspecified atom stereocenters. The minimum Gasteiger partial charge on any atom is -0.330 e. The van der Waals surface area contributed by atoms with E-state index >= 15 is 0 Å². The molecule has 1 aromatic rings. The molecule has 0 saturated heterocycles. The fourth-order valence-corrected chi connectivity index (χ4v) is 2.78. The van der Waals surface area contributed by atoms with Gasteiger partial charge < -0.3 is 5.73 Å². The molecule has 1 aromatic carbocycles. The Morgan fingerprint density at radius 1 is 1.20 bits per heavy atom. The fourth-order valence-electron chi connectivity index (χ4n) is 2.78. The second-order valence-corrected chi connectivity index (χ2v) is 5.31. The number of rotatable bonds is 4. The van der Waals surface area contributed by atoms with Gasteiger partial charge in [-0.1, -0.05) is 44.2 Å². The average Bonchev–Trinajstić information content (AvgIpc) is 3.01. The van der Waals surface area contributed by atoms with E-state index in [1.807, 2.05) is 0 Å². The molecule has 1 heteroatoms. The van der Waals surface area contributed by atoms with E-state index < -0.39 is 0 Å². The van der Waals surface area contributed by atoms with Crippen LogP contribution in [0.3, 0.4) is 0 Å². The normalized spacial score (nSPS) is 18.9. The lowest BCUT2D eigenvalue weighted by Gasteiger charge is -2.35.